The van der Waals surface area contributed by atoms with Crippen LogP contribution in [0.25, 0.3) is 10.6 Å². The van der Waals surface area contributed by atoms with Gasteiger partial charge < -0.3 is 15.2 Å². The smallest absolute Gasteiger partial charge is 0.270 e. The Labute approximate surface area is 134 Å². The lowest BCUT2D eigenvalue weighted by Gasteiger charge is -2.09. The molecule has 6 heteroatoms. The summed E-state index contributed by atoms with van der Waals surface area (Å²) in [6.07, 6.45) is 0.670. The van der Waals surface area contributed by atoms with E-state index >= 15 is 0 Å². The van der Waals surface area contributed by atoms with E-state index in [9.17, 15) is 4.79 Å². The van der Waals surface area contributed by atoms with Crippen LogP contribution in [0.3, 0.4) is 0 Å². The summed E-state index contributed by atoms with van der Waals surface area (Å²) >= 11 is 1.41. The molecule has 0 aliphatic carbocycles. The fourth-order valence-electron chi connectivity index (χ4n) is 2.00. The van der Waals surface area contributed by atoms with E-state index in [2.05, 4.69) is 10.3 Å². The molecule has 1 aromatic carbocycles. The number of hydrogen-bond donors (Lipinski definition) is 2. The summed E-state index contributed by atoms with van der Waals surface area (Å²) in [5.74, 6) is 0.781. The number of ether oxygens (including phenoxy) is 1. The fourth-order valence-corrected chi connectivity index (χ4v) is 2.83. The van der Waals surface area contributed by atoms with E-state index < -0.39 is 0 Å². The number of rotatable bonds is 7. The van der Waals surface area contributed by atoms with Crippen LogP contribution in [-0.4, -0.2) is 36.3 Å². The molecule has 22 heavy (non-hydrogen) atoms. The average molecular weight is 320 g/mol. The van der Waals surface area contributed by atoms with Gasteiger partial charge in [0.15, 0.2) is 0 Å². The number of aliphatic hydroxyl groups is 1. The van der Waals surface area contributed by atoms with Crippen molar-refractivity contribution < 1.29 is 14.6 Å². The van der Waals surface area contributed by atoms with Crippen LogP contribution in [-0.2, 0) is 0 Å². The van der Waals surface area contributed by atoms with Gasteiger partial charge in [0.05, 0.1) is 12.7 Å². The number of carbonyl (C=O) groups excluding carboxylic acids is 1. The predicted molar refractivity (Wildman–Crippen MR) is 87.3 cm³/mol. The lowest BCUT2D eigenvalue weighted by atomic mass is 10.1. The number of benzene rings is 1. The quantitative estimate of drug-likeness (QED) is 0.822. The molecule has 0 saturated heterocycles. The molecule has 0 aliphatic heterocycles. The highest BCUT2D eigenvalue weighted by Crippen LogP contribution is 2.31. The topological polar surface area (TPSA) is 71.5 Å². The number of hydrogen-bond acceptors (Lipinski definition) is 5. The zero-order valence-electron chi connectivity index (χ0n) is 12.7. The number of carbonyl (C=O) groups is 1. The number of aromatic nitrogens is 1. The van der Waals surface area contributed by atoms with Crippen molar-refractivity contribution in [2.75, 3.05) is 20.3 Å². The summed E-state index contributed by atoms with van der Waals surface area (Å²) < 4.78 is 5.32. The Morgan fingerprint density at radius 3 is 2.95 bits per heavy atom. The molecule has 2 rings (SSSR count). The van der Waals surface area contributed by atoms with Crippen molar-refractivity contribution in [1.29, 1.82) is 0 Å². The molecular formula is C16H20N2O3S. The standard InChI is InChI=1S/C16H20N2O3S/c1-11(7-8-19)9-17-15(20)13-10-22-16(18-13)12-5-3-4-6-14(12)21-2/h3-6,10-11,19H,7-9H2,1-2H3,(H,17,20). The van der Waals surface area contributed by atoms with Crippen LogP contribution in [0.15, 0.2) is 29.6 Å². The lowest BCUT2D eigenvalue weighted by molar-refractivity contribution is 0.0941. The zero-order chi connectivity index (χ0) is 15.9. The number of amides is 1. The van der Waals surface area contributed by atoms with Crippen molar-refractivity contribution in [1.82, 2.24) is 10.3 Å². The number of nitrogens with zero attached hydrogens (tertiary/aromatic N) is 1. The maximum absolute atomic E-state index is 12.1. The molecular weight excluding hydrogens is 300 g/mol. The van der Waals surface area contributed by atoms with Crippen molar-refractivity contribution in [3.63, 3.8) is 0 Å². The van der Waals surface area contributed by atoms with Crippen LogP contribution in [0, 0.1) is 5.92 Å². The first-order chi connectivity index (χ1) is 10.7. The minimum Gasteiger partial charge on any atom is -0.496 e. The second-order valence-corrected chi connectivity index (χ2v) is 5.92. The van der Waals surface area contributed by atoms with Crippen molar-refractivity contribution in [2.24, 2.45) is 5.92 Å². The summed E-state index contributed by atoms with van der Waals surface area (Å²) in [7, 11) is 1.61. The third-order valence-corrected chi connectivity index (χ3v) is 4.18. The van der Waals surface area contributed by atoms with Crippen LogP contribution in [0.5, 0.6) is 5.75 Å². The molecule has 2 aromatic rings. The van der Waals surface area contributed by atoms with Gasteiger partial charge in [-0.15, -0.1) is 11.3 Å². The van der Waals surface area contributed by atoms with Gasteiger partial charge in [0, 0.05) is 18.5 Å². The van der Waals surface area contributed by atoms with Crippen LogP contribution in [0.1, 0.15) is 23.8 Å². The normalized spacial score (nSPS) is 12.0. The highest BCUT2D eigenvalue weighted by molar-refractivity contribution is 7.13. The maximum Gasteiger partial charge on any atom is 0.270 e. The van der Waals surface area contributed by atoms with Gasteiger partial charge in [-0.2, -0.15) is 0 Å². The Hall–Kier alpha value is -1.92. The van der Waals surface area contributed by atoms with E-state index in [4.69, 9.17) is 9.84 Å². The maximum atomic E-state index is 12.1. The Morgan fingerprint density at radius 1 is 1.45 bits per heavy atom. The molecule has 0 bridgehead atoms. The first kappa shape index (κ1) is 16.5. The van der Waals surface area contributed by atoms with Gasteiger partial charge in [-0.3, -0.25) is 4.79 Å². The molecule has 1 unspecified atom stereocenters. The monoisotopic (exact) mass is 320 g/mol. The highest BCUT2D eigenvalue weighted by atomic mass is 32.1. The second-order valence-electron chi connectivity index (χ2n) is 5.07. The predicted octanol–water partition coefficient (Wildman–Crippen LogP) is 2.57. The molecule has 2 N–H and O–H groups in total. The number of nitrogens with one attached hydrogen (secondary N) is 1. The van der Waals surface area contributed by atoms with Gasteiger partial charge in [-0.05, 0) is 24.5 Å². The van der Waals surface area contributed by atoms with Gasteiger partial charge >= 0.3 is 0 Å². The van der Waals surface area contributed by atoms with Gasteiger partial charge in [0.2, 0.25) is 0 Å². The number of aliphatic hydroxyl groups excluding tert-OH is 1. The minimum absolute atomic E-state index is 0.131. The molecule has 0 aliphatic rings. The highest BCUT2D eigenvalue weighted by Gasteiger charge is 2.14. The Balaban J connectivity index is 2.06. The number of para-hydroxylation sites is 1. The largest absolute Gasteiger partial charge is 0.496 e. The zero-order valence-corrected chi connectivity index (χ0v) is 13.5. The van der Waals surface area contributed by atoms with Gasteiger partial charge in [0.1, 0.15) is 16.5 Å². The van der Waals surface area contributed by atoms with E-state index in [0.29, 0.717) is 18.7 Å². The van der Waals surface area contributed by atoms with Crippen molar-refractivity contribution >= 4 is 17.2 Å². The van der Waals surface area contributed by atoms with Crippen LogP contribution in [0.4, 0.5) is 0 Å². The third kappa shape index (κ3) is 4.05. The van der Waals surface area contributed by atoms with Gasteiger partial charge in [-0.25, -0.2) is 4.98 Å². The van der Waals surface area contributed by atoms with Gasteiger partial charge in [0.25, 0.3) is 5.91 Å². The number of methoxy groups -OCH3 is 1. The first-order valence-electron chi connectivity index (χ1n) is 7.13. The Kier molecular flexibility index (Phi) is 5.91. The van der Waals surface area contributed by atoms with Crippen LogP contribution in [0.2, 0.25) is 0 Å². The van der Waals surface area contributed by atoms with Crippen molar-refractivity contribution in [3.8, 4) is 16.3 Å². The molecule has 1 aromatic heterocycles. The Bertz CT molecular complexity index is 627. The molecule has 0 saturated carbocycles. The van der Waals surface area contributed by atoms with E-state index in [1.807, 2.05) is 31.2 Å². The molecule has 1 heterocycles. The minimum atomic E-state index is -0.192. The van der Waals surface area contributed by atoms with E-state index in [1.54, 1.807) is 12.5 Å². The molecule has 5 nitrogen and oxygen atoms in total. The lowest BCUT2D eigenvalue weighted by Crippen LogP contribution is -2.28. The summed E-state index contributed by atoms with van der Waals surface area (Å²) in [4.78, 5) is 16.5. The summed E-state index contributed by atoms with van der Waals surface area (Å²) in [6.45, 7) is 2.64. The fraction of sp³-hybridized carbons (Fsp3) is 0.375. The summed E-state index contributed by atoms with van der Waals surface area (Å²) in [5.41, 5.74) is 1.28. The molecule has 0 radical (unpaired) electrons. The third-order valence-electron chi connectivity index (χ3n) is 3.31. The van der Waals surface area contributed by atoms with E-state index in [1.165, 1.54) is 11.3 Å². The van der Waals surface area contributed by atoms with E-state index in [-0.39, 0.29) is 18.4 Å². The molecule has 0 fully saturated rings. The molecule has 1 atom stereocenters. The Morgan fingerprint density at radius 2 is 2.23 bits per heavy atom. The average Bonchev–Trinajstić information content (AvgIpc) is 3.02. The van der Waals surface area contributed by atoms with Crippen molar-refractivity contribution in [2.45, 2.75) is 13.3 Å². The molecule has 0 spiro atoms. The van der Waals surface area contributed by atoms with E-state index in [0.717, 1.165) is 16.3 Å². The summed E-state index contributed by atoms with van der Waals surface area (Å²) in [5, 5.41) is 14.2. The first-order valence-corrected chi connectivity index (χ1v) is 8.01. The van der Waals surface area contributed by atoms with Crippen LogP contribution < -0.4 is 10.1 Å². The molecule has 1 amide bonds. The van der Waals surface area contributed by atoms with Crippen LogP contribution >= 0.6 is 11.3 Å². The van der Waals surface area contributed by atoms with Gasteiger partial charge in [-0.1, -0.05) is 19.1 Å². The SMILES string of the molecule is COc1ccccc1-c1nc(C(=O)NCC(C)CCO)cs1. The second kappa shape index (κ2) is 7.91. The molecule has 118 valence electrons. The number of thiazole rings is 1. The summed E-state index contributed by atoms with van der Waals surface area (Å²) in [6, 6.07) is 7.59. The van der Waals surface area contributed by atoms with Crippen molar-refractivity contribution in [3.05, 3.63) is 35.3 Å².